The van der Waals surface area contributed by atoms with Gasteiger partial charge in [0.15, 0.2) is 5.96 Å². The monoisotopic (exact) mass is 269 g/mol. The van der Waals surface area contributed by atoms with Crippen molar-refractivity contribution in [3.05, 3.63) is 0 Å². The SMILES string of the molecule is CCN1CCN(C(C)CN=C(N)NC(C)(C)C)CC1. The van der Waals surface area contributed by atoms with E-state index in [1.165, 1.54) is 13.1 Å². The molecule has 1 atom stereocenters. The first kappa shape index (κ1) is 16.2. The molecule has 0 aliphatic carbocycles. The van der Waals surface area contributed by atoms with Crippen molar-refractivity contribution < 1.29 is 0 Å². The molecule has 1 heterocycles. The summed E-state index contributed by atoms with van der Waals surface area (Å²) in [4.78, 5) is 9.44. The summed E-state index contributed by atoms with van der Waals surface area (Å²) in [7, 11) is 0. The van der Waals surface area contributed by atoms with E-state index >= 15 is 0 Å². The van der Waals surface area contributed by atoms with E-state index in [-0.39, 0.29) is 5.54 Å². The van der Waals surface area contributed by atoms with Crippen molar-refractivity contribution in [1.82, 2.24) is 15.1 Å². The molecule has 112 valence electrons. The Morgan fingerprint density at radius 3 is 2.32 bits per heavy atom. The van der Waals surface area contributed by atoms with E-state index in [1.807, 2.05) is 0 Å². The number of nitrogens with one attached hydrogen (secondary N) is 1. The third-order valence-corrected chi connectivity index (χ3v) is 3.51. The molecule has 0 saturated carbocycles. The second-order valence-corrected chi connectivity index (χ2v) is 6.42. The lowest BCUT2D eigenvalue weighted by molar-refractivity contribution is 0.109. The summed E-state index contributed by atoms with van der Waals surface area (Å²) < 4.78 is 0. The van der Waals surface area contributed by atoms with Crippen molar-refractivity contribution in [2.24, 2.45) is 10.7 Å². The molecule has 0 spiro atoms. The average Bonchev–Trinajstić information content (AvgIpc) is 2.34. The fourth-order valence-corrected chi connectivity index (χ4v) is 2.29. The maximum Gasteiger partial charge on any atom is 0.189 e. The molecule has 1 unspecified atom stereocenters. The van der Waals surface area contributed by atoms with Crippen LogP contribution in [0.5, 0.6) is 0 Å². The number of aliphatic imine (C=N–C) groups is 1. The molecule has 0 aromatic rings. The van der Waals surface area contributed by atoms with Gasteiger partial charge in [-0.2, -0.15) is 0 Å². The average molecular weight is 269 g/mol. The van der Waals surface area contributed by atoms with Crippen molar-refractivity contribution in [3.8, 4) is 0 Å². The van der Waals surface area contributed by atoms with Gasteiger partial charge in [-0.25, -0.2) is 0 Å². The summed E-state index contributed by atoms with van der Waals surface area (Å²) in [6.07, 6.45) is 0. The highest BCUT2D eigenvalue weighted by molar-refractivity contribution is 5.78. The van der Waals surface area contributed by atoms with Gasteiger partial charge in [0.05, 0.1) is 6.54 Å². The van der Waals surface area contributed by atoms with Gasteiger partial charge in [0, 0.05) is 37.8 Å². The maximum absolute atomic E-state index is 5.89. The van der Waals surface area contributed by atoms with Crippen LogP contribution >= 0.6 is 0 Å². The van der Waals surface area contributed by atoms with Crippen molar-refractivity contribution in [3.63, 3.8) is 0 Å². The van der Waals surface area contributed by atoms with Crippen LogP contribution in [-0.2, 0) is 0 Å². The van der Waals surface area contributed by atoms with E-state index in [0.29, 0.717) is 12.0 Å². The van der Waals surface area contributed by atoms with Gasteiger partial charge >= 0.3 is 0 Å². The molecule has 3 N–H and O–H groups in total. The largest absolute Gasteiger partial charge is 0.370 e. The Labute approximate surface area is 118 Å². The quantitative estimate of drug-likeness (QED) is 0.583. The lowest BCUT2D eigenvalue weighted by Crippen LogP contribution is -2.50. The summed E-state index contributed by atoms with van der Waals surface area (Å²) in [5.41, 5.74) is 5.87. The van der Waals surface area contributed by atoms with Gasteiger partial charge in [-0.3, -0.25) is 9.89 Å². The van der Waals surface area contributed by atoms with Gasteiger partial charge in [-0.15, -0.1) is 0 Å². The highest BCUT2D eigenvalue weighted by Crippen LogP contribution is 2.06. The highest BCUT2D eigenvalue weighted by Gasteiger charge is 2.20. The molecule has 1 rings (SSSR count). The zero-order chi connectivity index (χ0) is 14.5. The number of nitrogens with zero attached hydrogens (tertiary/aromatic N) is 3. The van der Waals surface area contributed by atoms with E-state index in [4.69, 9.17) is 5.73 Å². The Morgan fingerprint density at radius 1 is 1.26 bits per heavy atom. The molecule has 0 aromatic heterocycles. The Bertz CT molecular complexity index is 287. The number of hydrogen-bond acceptors (Lipinski definition) is 3. The number of piperazine rings is 1. The van der Waals surface area contributed by atoms with Crippen LogP contribution in [0.3, 0.4) is 0 Å². The number of rotatable bonds is 4. The Balaban J connectivity index is 2.35. The molecular weight excluding hydrogens is 238 g/mol. The molecule has 0 amide bonds. The highest BCUT2D eigenvalue weighted by atomic mass is 15.3. The van der Waals surface area contributed by atoms with E-state index in [2.05, 4.69) is 54.7 Å². The number of guanidine groups is 1. The molecule has 0 bridgehead atoms. The van der Waals surface area contributed by atoms with Gasteiger partial charge in [0.1, 0.15) is 0 Å². The molecular formula is C14H31N5. The summed E-state index contributed by atoms with van der Waals surface area (Å²) in [5, 5.41) is 3.19. The molecule has 1 saturated heterocycles. The van der Waals surface area contributed by atoms with Gasteiger partial charge < -0.3 is 16.0 Å². The van der Waals surface area contributed by atoms with Crippen LogP contribution in [0, 0.1) is 0 Å². The second kappa shape index (κ2) is 7.10. The van der Waals surface area contributed by atoms with E-state index in [0.717, 1.165) is 26.2 Å². The predicted molar refractivity (Wildman–Crippen MR) is 82.5 cm³/mol. The van der Waals surface area contributed by atoms with Crippen LogP contribution in [0.25, 0.3) is 0 Å². The molecule has 0 aromatic carbocycles. The lowest BCUT2D eigenvalue weighted by atomic mass is 10.1. The minimum absolute atomic E-state index is 0.0242. The van der Waals surface area contributed by atoms with Gasteiger partial charge in [-0.1, -0.05) is 6.92 Å². The first-order valence-electron chi connectivity index (χ1n) is 7.36. The Kier molecular flexibility index (Phi) is 6.07. The minimum atomic E-state index is -0.0242. The number of likely N-dealkylation sites (N-methyl/N-ethyl adjacent to an activating group) is 1. The molecule has 5 nitrogen and oxygen atoms in total. The van der Waals surface area contributed by atoms with Crippen LogP contribution in [0.2, 0.25) is 0 Å². The van der Waals surface area contributed by atoms with Crippen molar-refractivity contribution in [2.75, 3.05) is 39.3 Å². The molecule has 1 aliphatic heterocycles. The predicted octanol–water partition coefficient (Wildman–Crippen LogP) is 0.715. The first-order valence-corrected chi connectivity index (χ1v) is 7.36. The van der Waals surface area contributed by atoms with Crippen LogP contribution in [0.4, 0.5) is 0 Å². The van der Waals surface area contributed by atoms with E-state index < -0.39 is 0 Å². The first-order chi connectivity index (χ1) is 8.81. The fourth-order valence-electron chi connectivity index (χ4n) is 2.29. The summed E-state index contributed by atoms with van der Waals surface area (Å²) in [5.74, 6) is 0.548. The maximum atomic E-state index is 5.89. The van der Waals surface area contributed by atoms with Crippen LogP contribution in [0.15, 0.2) is 4.99 Å². The van der Waals surface area contributed by atoms with Crippen LogP contribution in [0.1, 0.15) is 34.6 Å². The zero-order valence-corrected chi connectivity index (χ0v) is 13.2. The van der Waals surface area contributed by atoms with E-state index in [1.54, 1.807) is 0 Å². The third kappa shape index (κ3) is 6.25. The van der Waals surface area contributed by atoms with Crippen molar-refractivity contribution in [2.45, 2.75) is 46.2 Å². The van der Waals surface area contributed by atoms with Gasteiger partial charge in [0.25, 0.3) is 0 Å². The minimum Gasteiger partial charge on any atom is -0.370 e. The number of nitrogens with two attached hydrogens (primary N) is 1. The molecule has 1 aliphatic rings. The summed E-state index contributed by atoms with van der Waals surface area (Å²) in [6.45, 7) is 17.2. The fraction of sp³-hybridized carbons (Fsp3) is 0.929. The van der Waals surface area contributed by atoms with Crippen LogP contribution < -0.4 is 11.1 Å². The molecule has 0 radical (unpaired) electrons. The normalized spacial score (nSPS) is 21.4. The standard InChI is InChI=1S/C14H31N5/c1-6-18-7-9-19(10-8-18)12(2)11-16-13(15)17-14(3,4)5/h12H,6-11H2,1-5H3,(H3,15,16,17). The Morgan fingerprint density at radius 2 is 1.84 bits per heavy atom. The molecule has 19 heavy (non-hydrogen) atoms. The zero-order valence-electron chi connectivity index (χ0n) is 13.2. The van der Waals surface area contributed by atoms with Crippen molar-refractivity contribution >= 4 is 5.96 Å². The molecule has 1 fully saturated rings. The summed E-state index contributed by atoms with van der Waals surface area (Å²) in [6, 6.07) is 0.458. The second-order valence-electron chi connectivity index (χ2n) is 6.42. The van der Waals surface area contributed by atoms with Crippen molar-refractivity contribution in [1.29, 1.82) is 0 Å². The smallest absolute Gasteiger partial charge is 0.189 e. The Hall–Kier alpha value is -0.810. The van der Waals surface area contributed by atoms with E-state index in [9.17, 15) is 0 Å². The number of hydrogen-bond donors (Lipinski definition) is 2. The lowest BCUT2D eigenvalue weighted by Gasteiger charge is -2.37. The van der Waals surface area contributed by atoms with Crippen LogP contribution in [-0.4, -0.2) is 66.6 Å². The topological polar surface area (TPSA) is 56.9 Å². The molecule has 5 heteroatoms. The third-order valence-electron chi connectivity index (χ3n) is 3.51. The summed E-state index contributed by atoms with van der Waals surface area (Å²) >= 11 is 0. The van der Waals surface area contributed by atoms with Gasteiger partial charge in [0.2, 0.25) is 0 Å². The van der Waals surface area contributed by atoms with Gasteiger partial charge in [-0.05, 0) is 34.2 Å².